The van der Waals surface area contributed by atoms with Crippen molar-refractivity contribution in [3.63, 3.8) is 0 Å². The first-order valence-corrected chi connectivity index (χ1v) is 22.2. The summed E-state index contributed by atoms with van der Waals surface area (Å²) in [5.41, 5.74) is 3.40. The van der Waals surface area contributed by atoms with Crippen molar-refractivity contribution in [2.24, 2.45) is 5.92 Å². The van der Waals surface area contributed by atoms with Crippen molar-refractivity contribution >= 4 is 60.6 Å². The number of phenolic OH excluding ortho intramolecular Hbond substituents is 1. The van der Waals surface area contributed by atoms with E-state index in [-0.39, 0.29) is 109 Å². The van der Waals surface area contributed by atoms with Crippen LogP contribution in [0.15, 0.2) is 36.4 Å². The third kappa shape index (κ3) is 8.80. The van der Waals surface area contributed by atoms with Crippen LogP contribution in [0.5, 0.6) is 11.5 Å². The summed E-state index contributed by atoms with van der Waals surface area (Å²) in [5, 5.41) is 63.3. The smallest absolute Gasteiger partial charge is 0.549 e. The number of carboxylic acids is 3. The molecule has 1 spiro atoms. The standard InChI is InChI=1S/C45H59N7O10.In/c53-34-9-8-30-22-35-45(61)23-32-31-4-1-2-5-33(31)52(41(32)43-44(45,40(30)42(34)62-43)10-13-51(35)24-29-6-7-29)12-3-11-46-36(54)25-47-14-16-48(26-37(55)56)18-20-50(28-39(59)60)21-19-49(17-15-47)27-38(57)58;/h1-2,4-5,8-9,29,35,43,53,61H,3,6-7,10-28H2,(H,46,54)(H,55,56)(H,57,58)(H,59,60);/q;+3/p-3/t35-,43+,44+,45-;/m1./s1/i;1-4. The maximum atomic E-state index is 13.6. The molecule has 6 aliphatic rings. The monoisotopic (exact) mass is 965 g/mol. The van der Waals surface area contributed by atoms with Gasteiger partial charge in [-0.15, -0.1) is 0 Å². The maximum absolute atomic E-state index is 13.6. The van der Waals surface area contributed by atoms with Gasteiger partial charge in [-0.05, 0) is 67.8 Å². The zero-order valence-corrected chi connectivity index (χ0v) is 39.0. The molecule has 3 N–H and O–H groups in total. The second-order valence-electron chi connectivity index (χ2n) is 18.4. The summed E-state index contributed by atoms with van der Waals surface area (Å²) in [7, 11) is 0. The third-order valence-electron chi connectivity index (χ3n) is 14.6. The van der Waals surface area contributed by atoms with Crippen molar-refractivity contribution in [1.82, 2.24) is 34.4 Å². The maximum Gasteiger partial charge on any atom is 3.00 e. The molecule has 2 bridgehead atoms. The number of nitrogens with zero attached hydrogens (tertiary/aromatic N) is 6. The molecule has 334 valence electrons. The van der Waals surface area contributed by atoms with Gasteiger partial charge in [-0.25, -0.2) is 0 Å². The van der Waals surface area contributed by atoms with Crippen LogP contribution in [0, 0.1) is 5.92 Å². The number of piperidine rings is 1. The predicted molar refractivity (Wildman–Crippen MR) is 224 cm³/mol. The van der Waals surface area contributed by atoms with E-state index in [1.807, 2.05) is 23.1 Å². The topological polar surface area (TPSA) is 220 Å². The number of amides is 1. The van der Waals surface area contributed by atoms with Gasteiger partial charge in [0.25, 0.3) is 0 Å². The van der Waals surface area contributed by atoms with E-state index in [0.717, 1.165) is 46.4 Å². The molecule has 0 unspecified atom stereocenters. The molecule has 63 heavy (non-hydrogen) atoms. The van der Waals surface area contributed by atoms with Gasteiger partial charge in [-0.3, -0.25) is 29.3 Å². The van der Waals surface area contributed by atoms with Gasteiger partial charge in [0, 0.05) is 121 Å². The molecule has 1 amide bonds. The molecule has 2 saturated heterocycles. The number of carboxylic acid groups (broad SMARTS) is 3. The number of phenols is 1. The van der Waals surface area contributed by atoms with E-state index >= 15 is 0 Å². The van der Waals surface area contributed by atoms with Crippen LogP contribution in [0.25, 0.3) is 10.9 Å². The normalized spacial score (nSPS) is 26.7. The largest absolute Gasteiger partial charge is 3.00 e. The average Bonchev–Trinajstić information content (AvgIpc) is 3.89. The van der Waals surface area contributed by atoms with E-state index in [2.05, 4.69) is 26.9 Å². The number of aromatic hydroxyl groups is 1. The molecule has 0 radical (unpaired) electrons. The zero-order valence-electron chi connectivity index (χ0n) is 35.7. The van der Waals surface area contributed by atoms with Crippen LogP contribution in [0.2, 0.25) is 0 Å². The van der Waals surface area contributed by atoms with E-state index in [1.165, 1.54) is 12.8 Å². The van der Waals surface area contributed by atoms with Gasteiger partial charge in [0.1, 0.15) is 0 Å². The summed E-state index contributed by atoms with van der Waals surface area (Å²) in [6.07, 6.45) is 4.44. The summed E-state index contributed by atoms with van der Waals surface area (Å²) in [5.74, 6) is -2.81. The third-order valence-corrected chi connectivity index (χ3v) is 14.6. The molecule has 9 rings (SSSR count). The number of rotatable bonds is 14. The number of ether oxygens (including phenoxy) is 1. The van der Waals surface area contributed by atoms with E-state index in [9.17, 15) is 44.7 Å². The Kier molecular flexibility index (Phi) is 13.4. The van der Waals surface area contributed by atoms with Gasteiger partial charge in [0.2, 0.25) is 5.91 Å². The number of likely N-dealkylation sites (tertiary alicyclic amines) is 1. The number of hydrogen-bond acceptors (Lipinski definition) is 15. The molecular formula is C45H56InN7O10. The average molecular weight is 966 g/mol. The summed E-state index contributed by atoms with van der Waals surface area (Å²) in [6.45, 7) is 3.63. The quantitative estimate of drug-likeness (QED) is 0.135. The number of nitrogens with one attached hydrogen (secondary N) is 1. The molecule has 1 saturated carbocycles. The van der Waals surface area contributed by atoms with Gasteiger partial charge in [-0.1, -0.05) is 24.3 Å². The number of fused-ring (bicyclic) bond motifs is 4. The predicted octanol–water partition coefficient (Wildman–Crippen LogP) is -3.36. The minimum Gasteiger partial charge on any atom is -0.549 e. The molecule has 3 fully saturated rings. The van der Waals surface area contributed by atoms with Crippen LogP contribution in [0.4, 0.5) is 0 Å². The van der Waals surface area contributed by atoms with Crippen LogP contribution in [-0.2, 0) is 44.0 Å². The summed E-state index contributed by atoms with van der Waals surface area (Å²) in [6, 6.07) is 11.9. The van der Waals surface area contributed by atoms with Crippen molar-refractivity contribution in [1.29, 1.82) is 0 Å². The second-order valence-corrected chi connectivity index (χ2v) is 18.4. The second kappa shape index (κ2) is 18.5. The number of aromatic nitrogens is 1. The number of carbonyl (C=O) groups excluding carboxylic acids is 4. The van der Waals surface area contributed by atoms with E-state index < -0.39 is 35.0 Å². The number of aliphatic hydroxyl groups is 1. The molecule has 2 aromatic carbocycles. The Hall–Kier alpha value is -3.91. The molecule has 3 aromatic rings. The van der Waals surface area contributed by atoms with Crippen LogP contribution in [0.1, 0.15) is 54.2 Å². The number of aliphatic carboxylic acids is 3. The molecule has 17 nitrogen and oxygen atoms in total. The molecular weight excluding hydrogens is 909 g/mol. The van der Waals surface area contributed by atoms with Crippen LogP contribution >= 0.6 is 0 Å². The van der Waals surface area contributed by atoms with E-state index in [1.54, 1.807) is 20.8 Å². The molecule has 3 aliphatic carbocycles. The Bertz CT molecular complexity index is 2200. The van der Waals surface area contributed by atoms with Crippen LogP contribution in [-0.4, -0.2) is 199 Å². The number of carbonyl (C=O) groups is 4. The number of aryl methyl sites for hydroxylation is 1. The first-order chi connectivity index (χ1) is 29.8. The molecule has 4 heterocycles. The summed E-state index contributed by atoms with van der Waals surface area (Å²) >= 11 is 0. The molecule has 1 aromatic heterocycles. The van der Waals surface area contributed by atoms with Gasteiger partial charge in [0.05, 0.1) is 41.2 Å². The minimum absolute atomic E-state index is 0. The van der Waals surface area contributed by atoms with Crippen molar-refractivity contribution in [2.75, 3.05) is 98.2 Å². The Labute approximate surface area is 385 Å². The Morgan fingerprint density at radius 1 is 0.794 bits per heavy atom. The Morgan fingerprint density at radius 3 is 1.97 bits per heavy atom. The number of hydrogen-bond donors (Lipinski definition) is 3. The summed E-state index contributed by atoms with van der Waals surface area (Å²) in [4.78, 5) is 57.4. The van der Waals surface area contributed by atoms with E-state index in [4.69, 9.17) is 4.74 Å². The van der Waals surface area contributed by atoms with Gasteiger partial charge >= 0.3 is 25.8 Å². The Balaban J connectivity index is 0.00000544. The van der Waals surface area contributed by atoms with Crippen LogP contribution < -0.4 is 25.4 Å². The summed E-state index contributed by atoms with van der Waals surface area (Å²) < 4.78 is 9.22. The zero-order chi connectivity index (χ0) is 43.3. The molecule has 3 aliphatic heterocycles. The Morgan fingerprint density at radius 2 is 1.38 bits per heavy atom. The van der Waals surface area contributed by atoms with Crippen LogP contribution in [0.3, 0.4) is 0 Å². The van der Waals surface area contributed by atoms with Gasteiger partial charge < -0.3 is 54.5 Å². The fourth-order valence-electron chi connectivity index (χ4n) is 11.5. The van der Waals surface area contributed by atoms with Gasteiger partial charge in [0.15, 0.2) is 17.6 Å². The van der Waals surface area contributed by atoms with E-state index in [0.29, 0.717) is 63.5 Å². The fourth-order valence-corrected chi connectivity index (χ4v) is 11.5. The minimum atomic E-state index is -1.29. The van der Waals surface area contributed by atoms with Crippen molar-refractivity contribution in [2.45, 2.75) is 68.2 Å². The number of benzene rings is 2. The molecule has 4 atom stereocenters. The SMILES string of the molecule is O=C([O-])CN1CCN(CC(=O)[O-])CCN(CC(=O)NCCCn2c3c(c4ccccc42)C[C@@]2(O)[C@H]4Cc5ccc(O)c6c5[C@@]2(CCN4CC2CC2)[C@H]3O6)CCN(CC(=O)[O-])CC1.[111In+3]. The first-order valence-electron chi connectivity index (χ1n) is 22.2. The van der Waals surface area contributed by atoms with Crippen molar-refractivity contribution < 1.29 is 49.4 Å². The fraction of sp³-hybridized carbons (Fsp3) is 0.600. The van der Waals surface area contributed by atoms with Gasteiger partial charge in [-0.2, -0.15) is 0 Å². The van der Waals surface area contributed by atoms with Crippen molar-refractivity contribution in [3.05, 3.63) is 58.8 Å². The number of para-hydroxylation sites is 1. The first kappa shape index (κ1) is 45.7. The molecule has 18 heteroatoms. The van der Waals surface area contributed by atoms with Crippen molar-refractivity contribution in [3.8, 4) is 11.5 Å².